The van der Waals surface area contributed by atoms with E-state index < -0.39 is 5.60 Å². The van der Waals surface area contributed by atoms with Crippen LogP contribution in [0.15, 0.2) is 0 Å². The molecular weight excluding hydrogens is 252 g/mol. The number of hydrogen-bond donors (Lipinski definition) is 1. The van der Waals surface area contributed by atoms with Crippen molar-refractivity contribution in [3.8, 4) is 0 Å². The zero-order valence-electron chi connectivity index (χ0n) is 12.2. The van der Waals surface area contributed by atoms with Crippen molar-refractivity contribution in [2.24, 2.45) is 5.41 Å². The summed E-state index contributed by atoms with van der Waals surface area (Å²) < 4.78 is 5.54. The number of piperidine rings is 1. The maximum absolute atomic E-state index is 12.5. The Hall–Kier alpha value is -0.320. The predicted molar refractivity (Wildman–Crippen MR) is 76.2 cm³/mol. The van der Waals surface area contributed by atoms with Crippen LogP contribution < -0.4 is 5.32 Å². The summed E-state index contributed by atoms with van der Waals surface area (Å²) in [5, 5.41) is 3.27. The summed E-state index contributed by atoms with van der Waals surface area (Å²) in [6.07, 6.45) is 1.52. The van der Waals surface area contributed by atoms with Gasteiger partial charge in [0.1, 0.15) is 5.60 Å². The lowest BCUT2D eigenvalue weighted by Gasteiger charge is -2.39. The average molecular weight is 279 g/mol. The molecular formula is C13H27ClN2O2. The third kappa shape index (κ3) is 4.41. The first-order valence-corrected chi connectivity index (χ1v) is 6.32. The van der Waals surface area contributed by atoms with Crippen LogP contribution in [0.4, 0.5) is 0 Å². The molecule has 0 aromatic carbocycles. The highest BCUT2D eigenvalue weighted by Gasteiger charge is 2.41. The number of carbonyl (C=O) groups excluding carboxylic acids is 1. The van der Waals surface area contributed by atoms with E-state index in [1.165, 1.54) is 0 Å². The Bertz CT molecular complexity index is 271. The summed E-state index contributed by atoms with van der Waals surface area (Å²) in [6, 6.07) is 0. The number of nitrogens with one attached hydrogen (secondary N) is 1. The Morgan fingerprint density at radius 1 is 1.33 bits per heavy atom. The molecule has 1 heterocycles. The van der Waals surface area contributed by atoms with Gasteiger partial charge < -0.3 is 15.0 Å². The number of carbonyl (C=O) groups is 1. The van der Waals surface area contributed by atoms with Gasteiger partial charge in [-0.05, 0) is 31.3 Å². The lowest BCUT2D eigenvalue weighted by molar-refractivity contribution is -0.158. The monoisotopic (exact) mass is 278 g/mol. The molecule has 18 heavy (non-hydrogen) atoms. The fourth-order valence-corrected chi connectivity index (χ4v) is 2.47. The van der Waals surface area contributed by atoms with Crippen molar-refractivity contribution < 1.29 is 9.53 Å². The van der Waals surface area contributed by atoms with Crippen LogP contribution in [0, 0.1) is 5.41 Å². The summed E-state index contributed by atoms with van der Waals surface area (Å²) >= 11 is 0. The third-order valence-electron chi connectivity index (χ3n) is 3.25. The Morgan fingerprint density at radius 3 is 2.22 bits per heavy atom. The highest BCUT2D eigenvalue weighted by molar-refractivity contribution is 5.85. The first-order chi connectivity index (χ1) is 7.81. The molecule has 4 nitrogen and oxygen atoms in total. The third-order valence-corrected chi connectivity index (χ3v) is 3.25. The molecule has 0 radical (unpaired) electrons. The van der Waals surface area contributed by atoms with Gasteiger partial charge in [-0.1, -0.05) is 20.8 Å². The summed E-state index contributed by atoms with van der Waals surface area (Å²) in [5.41, 5.74) is -0.489. The summed E-state index contributed by atoms with van der Waals surface area (Å²) in [6.45, 7) is 8.87. The van der Waals surface area contributed by atoms with E-state index in [1.54, 1.807) is 7.11 Å². The van der Waals surface area contributed by atoms with Crippen molar-refractivity contribution in [3.63, 3.8) is 0 Å². The number of nitrogens with zero attached hydrogens (tertiary/aromatic N) is 1. The molecule has 5 heteroatoms. The SMILES string of the molecule is COC1(C(=O)N(C)CC(C)(C)C)CCNCC1.Cl. The van der Waals surface area contributed by atoms with Crippen molar-refractivity contribution >= 4 is 18.3 Å². The van der Waals surface area contributed by atoms with E-state index >= 15 is 0 Å². The fourth-order valence-electron chi connectivity index (χ4n) is 2.47. The lowest BCUT2D eigenvalue weighted by Crippen LogP contribution is -2.55. The van der Waals surface area contributed by atoms with Crippen LogP contribution in [0.5, 0.6) is 0 Å². The first kappa shape index (κ1) is 17.7. The molecule has 0 aliphatic carbocycles. The van der Waals surface area contributed by atoms with Crippen LogP contribution in [0.25, 0.3) is 0 Å². The first-order valence-electron chi connectivity index (χ1n) is 6.32. The highest BCUT2D eigenvalue weighted by Crippen LogP contribution is 2.26. The second-order valence-electron chi connectivity index (χ2n) is 6.17. The van der Waals surface area contributed by atoms with Crippen LogP contribution in [0.3, 0.4) is 0 Å². The van der Waals surface area contributed by atoms with Crippen molar-refractivity contribution in [1.82, 2.24) is 10.2 Å². The minimum atomic E-state index is -0.606. The molecule has 0 unspecified atom stereocenters. The topological polar surface area (TPSA) is 41.6 Å². The number of likely N-dealkylation sites (N-methyl/N-ethyl adjacent to an activating group) is 1. The number of amides is 1. The Labute approximate surface area is 117 Å². The normalized spacial score (nSPS) is 18.9. The van der Waals surface area contributed by atoms with Crippen LogP contribution >= 0.6 is 12.4 Å². The fraction of sp³-hybridized carbons (Fsp3) is 0.923. The Balaban J connectivity index is 0.00000289. The quantitative estimate of drug-likeness (QED) is 0.854. The van der Waals surface area contributed by atoms with E-state index in [0.717, 1.165) is 32.5 Å². The Kier molecular flexibility index (Phi) is 6.61. The van der Waals surface area contributed by atoms with E-state index in [0.29, 0.717) is 0 Å². The van der Waals surface area contributed by atoms with Crippen molar-refractivity contribution in [2.75, 3.05) is 33.8 Å². The van der Waals surface area contributed by atoms with Gasteiger partial charge in [-0.3, -0.25) is 4.79 Å². The van der Waals surface area contributed by atoms with Gasteiger partial charge in [-0.15, -0.1) is 12.4 Å². The van der Waals surface area contributed by atoms with Crippen LogP contribution in [0.2, 0.25) is 0 Å². The summed E-state index contributed by atoms with van der Waals surface area (Å²) in [4.78, 5) is 14.3. The molecule has 0 atom stereocenters. The molecule has 0 aromatic rings. The molecule has 1 saturated heterocycles. The number of rotatable bonds is 3. The molecule has 1 aliphatic rings. The molecule has 1 aliphatic heterocycles. The highest BCUT2D eigenvalue weighted by atomic mass is 35.5. The molecule has 0 spiro atoms. The summed E-state index contributed by atoms with van der Waals surface area (Å²) in [5.74, 6) is 0.122. The van der Waals surface area contributed by atoms with E-state index in [2.05, 4.69) is 26.1 Å². The maximum Gasteiger partial charge on any atom is 0.254 e. The van der Waals surface area contributed by atoms with Gasteiger partial charge in [0.25, 0.3) is 5.91 Å². The van der Waals surface area contributed by atoms with E-state index in [9.17, 15) is 4.79 Å². The second-order valence-corrected chi connectivity index (χ2v) is 6.17. The maximum atomic E-state index is 12.5. The van der Waals surface area contributed by atoms with Crippen molar-refractivity contribution in [3.05, 3.63) is 0 Å². The van der Waals surface area contributed by atoms with Crippen molar-refractivity contribution in [2.45, 2.75) is 39.2 Å². The Morgan fingerprint density at radius 2 is 1.83 bits per heavy atom. The van der Waals surface area contributed by atoms with Gasteiger partial charge >= 0.3 is 0 Å². The molecule has 1 fully saturated rings. The van der Waals surface area contributed by atoms with Crippen molar-refractivity contribution in [1.29, 1.82) is 0 Å². The van der Waals surface area contributed by atoms with Crippen LogP contribution in [-0.4, -0.2) is 50.2 Å². The number of methoxy groups -OCH3 is 1. The van der Waals surface area contributed by atoms with Gasteiger partial charge in [0.05, 0.1) is 0 Å². The number of halogens is 1. The van der Waals surface area contributed by atoms with Gasteiger partial charge in [0.15, 0.2) is 0 Å². The molecule has 0 aromatic heterocycles. The number of hydrogen-bond acceptors (Lipinski definition) is 3. The minimum absolute atomic E-state index is 0. The second kappa shape index (κ2) is 6.73. The average Bonchev–Trinajstić information content (AvgIpc) is 2.26. The van der Waals surface area contributed by atoms with Gasteiger partial charge in [-0.25, -0.2) is 0 Å². The van der Waals surface area contributed by atoms with Gasteiger partial charge in [-0.2, -0.15) is 0 Å². The zero-order valence-corrected chi connectivity index (χ0v) is 13.0. The predicted octanol–water partition coefficient (Wildman–Crippen LogP) is 1.68. The van der Waals surface area contributed by atoms with E-state index in [1.807, 2.05) is 11.9 Å². The van der Waals surface area contributed by atoms with Crippen LogP contribution in [0.1, 0.15) is 33.6 Å². The standard InChI is InChI=1S/C13H26N2O2.ClH/c1-12(2,3)10-15(4)11(16)13(17-5)6-8-14-9-7-13;/h14H,6-10H2,1-5H3;1H. The lowest BCUT2D eigenvalue weighted by atomic mass is 9.89. The van der Waals surface area contributed by atoms with E-state index in [-0.39, 0.29) is 23.7 Å². The molecule has 1 amide bonds. The smallest absolute Gasteiger partial charge is 0.254 e. The molecule has 1 N–H and O–H groups in total. The zero-order chi connectivity index (χ0) is 13.1. The van der Waals surface area contributed by atoms with Gasteiger partial charge in [0.2, 0.25) is 0 Å². The molecule has 108 valence electrons. The number of ether oxygens (including phenoxy) is 1. The summed E-state index contributed by atoms with van der Waals surface area (Å²) in [7, 11) is 3.52. The van der Waals surface area contributed by atoms with Gasteiger partial charge in [0, 0.05) is 20.7 Å². The molecule has 0 saturated carbocycles. The van der Waals surface area contributed by atoms with Crippen LogP contribution in [-0.2, 0) is 9.53 Å². The molecule has 0 bridgehead atoms. The molecule has 1 rings (SSSR count). The largest absolute Gasteiger partial charge is 0.368 e. The minimum Gasteiger partial charge on any atom is -0.368 e. The van der Waals surface area contributed by atoms with E-state index in [4.69, 9.17) is 4.74 Å².